The molecule has 0 spiro atoms. The Labute approximate surface area is 302 Å². The minimum atomic E-state index is -1.14. The van der Waals surface area contributed by atoms with E-state index in [-0.39, 0.29) is 30.4 Å². The van der Waals surface area contributed by atoms with Crippen LogP contribution in [0.15, 0.2) is 73.0 Å². The van der Waals surface area contributed by atoms with Gasteiger partial charge in [-0.1, -0.05) is 64.6 Å². The van der Waals surface area contributed by atoms with Gasteiger partial charge >= 0.3 is 0 Å². The molecule has 0 aromatic heterocycles. The molecule has 0 saturated carbocycles. The van der Waals surface area contributed by atoms with Crippen molar-refractivity contribution in [1.82, 2.24) is 20.4 Å². The van der Waals surface area contributed by atoms with E-state index in [2.05, 4.69) is 22.9 Å². The van der Waals surface area contributed by atoms with Crippen LogP contribution in [0.1, 0.15) is 58.6 Å². The number of rotatable bonds is 14. The highest BCUT2D eigenvalue weighted by atomic mass is 16.5. The Morgan fingerprint density at radius 3 is 1.80 bits per heavy atom. The fraction of sp³-hybridized carbons (Fsp3) is 0.475. The summed E-state index contributed by atoms with van der Waals surface area (Å²) in [6, 6.07) is 7.99. The summed E-state index contributed by atoms with van der Waals surface area (Å²) in [7, 11) is 3.09. The Bertz CT molecular complexity index is 1570. The van der Waals surface area contributed by atoms with Crippen LogP contribution in [-0.4, -0.2) is 90.0 Å². The lowest BCUT2D eigenvalue weighted by atomic mass is 9.96. The van der Waals surface area contributed by atoms with E-state index < -0.39 is 47.8 Å². The lowest BCUT2D eigenvalue weighted by Crippen LogP contribution is -2.62. The molecule has 1 saturated heterocycles. The van der Waals surface area contributed by atoms with E-state index in [4.69, 9.17) is 9.47 Å². The zero-order chi connectivity index (χ0) is 37.7. The molecule has 0 aliphatic carbocycles. The number of allylic oxidation sites excluding steroid dienone is 1. The van der Waals surface area contributed by atoms with E-state index in [0.717, 1.165) is 5.56 Å². The van der Waals surface area contributed by atoms with E-state index >= 15 is 0 Å². The second-order valence-corrected chi connectivity index (χ2v) is 13.8. The van der Waals surface area contributed by atoms with Crippen LogP contribution in [0.3, 0.4) is 0 Å². The van der Waals surface area contributed by atoms with Crippen molar-refractivity contribution in [2.24, 2.45) is 11.8 Å². The second kappa shape index (κ2) is 19.4. The van der Waals surface area contributed by atoms with Crippen LogP contribution in [-0.2, 0) is 32.0 Å². The number of aromatic hydroxyl groups is 1. The monoisotopic (exact) mass is 702 g/mol. The predicted molar refractivity (Wildman–Crippen MR) is 197 cm³/mol. The molecule has 276 valence electrons. The van der Waals surface area contributed by atoms with Crippen molar-refractivity contribution in [3.8, 4) is 17.2 Å². The highest BCUT2D eigenvalue weighted by Crippen LogP contribution is 2.26. The number of carbonyl (C=O) groups excluding carboxylic acids is 4. The highest BCUT2D eigenvalue weighted by molar-refractivity contribution is 5.97. The van der Waals surface area contributed by atoms with Gasteiger partial charge in [-0.15, -0.1) is 5.73 Å². The van der Waals surface area contributed by atoms with Crippen LogP contribution in [0.4, 0.5) is 0 Å². The van der Waals surface area contributed by atoms with Gasteiger partial charge in [0.25, 0.3) is 0 Å². The number of nitrogens with one attached hydrogen (secondary N) is 2. The summed E-state index contributed by atoms with van der Waals surface area (Å²) >= 11 is 0. The Morgan fingerprint density at radius 2 is 1.31 bits per heavy atom. The van der Waals surface area contributed by atoms with Gasteiger partial charge in [-0.05, 0) is 67.0 Å². The minimum Gasteiger partial charge on any atom is -0.508 e. The average molecular weight is 703 g/mol. The fourth-order valence-corrected chi connectivity index (χ4v) is 5.93. The maximum atomic E-state index is 14.3. The largest absolute Gasteiger partial charge is 0.508 e. The molecule has 0 bridgehead atoms. The number of hydrogen-bond acceptors (Lipinski definition) is 7. The van der Waals surface area contributed by atoms with Gasteiger partial charge < -0.3 is 35.0 Å². The normalized spacial score (nSPS) is 20.5. The van der Waals surface area contributed by atoms with Crippen LogP contribution >= 0.6 is 0 Å². The van der Waals surface area contributed by atoms with E-state index in [1.54, 1.807) is 37.4 Å². The Morgan fingerprint density at radius 1 is 0.804 bits per heavy atom. The first-order chi connectivity index (χ1) is 24.2. The number of phenols is 1. The fourth-order valence-electron chi connectivity index (χ4n) is 5.93. The van der Waals surface area contributed by atoms with Crippen molar-refractivity contribution in [3.05, 3.63) is 84.1 Å². The van der Waals surface area contributed by atoms with E-state index in [0.29, 0.717) is 43.1 Å². The summed E-state index contributed by atoms with van der Waals surface area (Å²) in [4.78, 5) is 59.5. The zero-order valence-electron chi connectivity index (χ0n) is 31.0. The molecule has 2 aromatic carbocycles. The molecule has 51 heavy (non-hydrogen) atoms. The maximum Gasteiger partial charge on any atom is 0.245 e. The Hall–Kier alpha value is -5.02. The molecule has 0 radical (unpaired) electrons. The number of amides is 4. The van der Waals surface area contributed by atoms with Gasteiger partial charge in [0, 0.05) is 33.0 Å². The van der Waals surface area contributed by atoms with Crippen LogP contribution in [0.5, 0.6) is 17.2 Å². The summed E-state index contributed by atoms with van der Waals surface area (Å²) in [5.41, 5.74) is 3.84. The number of ether oxygens (including phenoxy) is 2. The van der Waals surface area contributed by atoms with Crippen molar-refractivity contribution in [2.75, 3.05) is 27.3 Å². The van der Waals surface area contributed by atoms with Crippen molar-refractivity contribution in [3.63, 3.8) is 0 Å². The molecule has 4 atom stereocenters. The molecule has 1 aliphatic heterocycles. The summed E-state index contributed by atoms with van der Waals surface area (Å²) in [6.07, 6.45) is 6.08. The van der Waals surface area contributed by atoms with Gasteiger partial charge in [-0.25, -0.2) is 0 Å². The van der Waals surface area contributed by atoms with Gasteiger partial charge in [0.1, 0.15) is 54.6 Å². The average Bonchev–Trinajstić information content (AvgIpc) is 3.09. The van der Waals surface area contributed by atoms with E-state index in [1.165, 1.54) is 22.9 Å². The first-order valence-corrected chi connectivity index (χ1v) is 17.5. The summed E-state index contributed by atoms with van der Waals surface area (Å²) < 4.78 is 11.3. The number of carbonyl (C=O) groups is 4. The number of phenolic OH excluding ortho intramolecular Hbond substituents is 1. The van der Waals surface area contributed by atoms with Gasteiger partial charge in [-0.3, -0.25) is 19.2 Å². The van der Waals surface area contributed by atoms with Crippen molar-refractivity contribution >= 4 is 23.6 Å². The SMILES string of the molecule is C=C=CCOc1ccc(CC2NC(=O)C(CC(C)C)N(C)C(=O)C(Cc3ccc(OCC=CC)cc3O)NC(=O)C(CC(C)C)N(C)C2=O)cc1. The maximum absolute atomic E-state index is 14.3. The van der Waals surface area contributed by atoms with Crippen LogP contribution in [0.2, 0.25) is 0 Å². The molecule has 4 unspecified atom stereocenters. The second-order valence-electron chi connectivity index (χ2n) is 13.8. The Balaban J connectivity index is 2.02. The van der Waals surface area contributed by atoms with Crippen molar-refractivity contribution in [2.45, 2.75) is 84.5 Å². The molecular weight excluding hydrogens is 648 g/mol. The number of likely N-dealkylation sites (N-methyl/N-ethyl adjacent to an activating group) is 2. The van der Waals surface area contributed by atoms with Crippen LogP contribution in [0.25, 0.3) is 0 Å². The lowest BCUT2D eigenvalue weighted by molar-refractivity contribution is -0.148. The third-order valence-electron chi connectivity index (χ3n) is 8.76. The predicted octanol–water partition coefficient (Wildman–Crippen LogP) is 4.58. The Kier molecular flexibility index (Phi) is 15.4. The summed E-state index contributed by atoms with van der Waals surface area (Å²) in [5, 5.41) is 16.8. The van der Waals surface area contributed by atoms with Crippen LogP contribution in [0, 0.1) is 11.8 Å². The lowest BCUT2D eigenvalue weighted by Gasteiger charge is -2.37. The van der Waals surface area contributed by atoms with Gasteiger partial charge in [0.05, 0.1) is 0 Å². The third-order valence-corrected chi connectivity index (χ3v) is 8.76. The molecule has 3 N–H and O–H groups in total. The zero-order valence-corrected chi connectivity index (χ0v) is 31.0. The first-order valence-electron chi connectivity index (χ1n) is 17.5. The van der Waals surface area contributed by atoms with E-state index in [9.17, 15) is 24.3 Å². The number of benzene rings is 2. The summed E-state index contributed by atoms with van der Waals surface area (Å²) in [6.45, 7) is 13.8. The van der Waals surface area contributed by atoms with Crippen molar-refractivity contribution in [1.29, 1.82) is 0 Å². The topological polar surface area (TPSA) is 138 Å². The smallest absolute Gasteiger partial charge is 0.245 e. The molecule has 1 aliphatic rings. The van der Waals surface area contributed by atoms with Gasteiger partial charge in [-0.2, -0.15) is 0 Å². The molecule has 3 rings (SSSR count). The van der Waals surface area contributed by atoms with Gasteiger partial charge in [0.15, 0.2) is 0 Å². The quantitative estimate of drug-likeness (QED) is 0.194. The molecular formula is C40H54N4O7. The third kappa shape index (κ3) is 11.8. The first kappa shape index (κ1) is 40.4. The highest BCUT2D eigenvalue weighted by Gasteiger charge is 2.39. The van der Waals surface area contributed by atoms with Crippen molar-refractivity contribution < 1.29 is 33.8 Å². The molecule has 1 fully saturated rings. The number of nitrogens with zero attached hydrogens (tertiary/aromatic N) is 2. The minimum absolute atomic E-state index is 0.0202. The molecule has 2 aromatic rings. The van der Waals surface area contributed by atoms with E-state index in [1.807, 2.05) is 58.9 Å². The molecule has 11 heteroatoms. The molecule has 11 nitrogen and oxygen atoms in total. The summed E-state index contributed by atoms with van der Waals surface area (Å²) in [5.74, 6) is -0.877. The molecule has 4 amide bonds. The molecule has 1 heterocycles. The van der Waals surface area contributed by atoms with Crippen LogP contribution < -0.4 is 20.1 Å². The van der Waals surface area contributed by atoms with Gasteiger partial charge in [0.2, 0.25) is 23.6 Å². The number of hydrogen-bond donors (Lipinski definition) is 3. The standard InChI is InChI=1S/C40H54N4O7/c1-9-11-19-50-30-16-13-28(14-17-30)23-32-39(48)43(7)35(22-27(5)6)38(47)42-33(40(49)44(8)34(21-26(3)4)37(46)41-32)24-29-15-18-31(25-36(29)45)51-20-12-10-2/h10-18,25-27,32-35,45H,1,19-24H2,2-8H3,(H,41,46)(H,42,47).